The molecule has 5 heteroatoms. The van der Waals surface area contributed by atoms with Crippen molar-refractivity contribution in [3.8, 4) is 0 Å². The summed E-state index contributed by atoms with van der Waals surface area (Å²) in [5.74, 6) is -1.16. The Morgan fingerprint density at radius 2 is 1.70 bits per heavy atom. The maximum atomic E-state index is 12.4. The van der Waals surface area contributed by atoms with Gasteiger partial charge in [0.1, 0.15) is 12.2 Å². The Hall–Kier alpha value is -2.56. The number of rotatable bonds is 5. The third kappa shape index (κ3) is 3.80. The van der Waals surface area contributed by atoms with E-state index in [1.807, 2.05) is 20.8 Å². The fourth-order valence-electron chi connectivity index (χ4n) is 2.82. The van der Waals surface area contributed by atoms with Gasteiger partial charge >= 0.3 is 5.97 Å². The summed E-state index contributed by atoms with van der Waals surface area (Å²) in [5, 5.41) is 11.8. The second kappa shape index (κ2) is 6.69. The Morgan fingerprint density at radius 1 is 1.09 bits per heavy atom. The Kier molecular flexibility index (Phi) is 4.89. The summed E-state index contributed by atoms with van der Waals surface area (Å²) in [4.78, 5) is 23.3. The van der Waals surface area contributed by atoms with Crippen molar-refractivity contribution < 1.29 is 19.1 Å². The van der Waals surface area contributed by atoms with Crippen molar-refractivity contribution in [3.63, 3.8) is 0 Å². The number of carbonyl (C=O) groups excluding carboxylic acids is 1. The molecule has 0 saturated carbocycles. The Balaban J connectivity index is 2.18. The molecule has 0 unspecified atom stereocenters. The van der Waals surface area contributed by atoms with Gasteiger partial charge in [0.25, 0.3) is 5.91 Å². The van der Waals surface area contributed by atoms with Gasteiger partial charge in [-0.25, -0.2) is 0 Å². The van der Waals surface area contributed by atoms with Crippen molar-refractivity contribution >= 4 is 11.9 Å². The first-order valence-corrected chi connectivity index (χ1v) is 7.43. The molecule has 1 aromatic heterocycles. The highest BCUT2D eigenvalue weighted by molar-refractivity contribution is 5.97. The van der Waals surface area contributed by atoms with E-state index >= 15 is 0 Å². The zero-order valence-corrected chi connectivity index (χ0v) is 13.8. The number of carbonyl (C=O) groups is 2. The first kappa shape index (κ1) is 16.8. The second-order valence-electron chi connectivity index (χ2n) is 5.85. The maximum Gasteiger partial charge on any atom is 0.311 e. The van der Waals surface area contributed by atoms with E-state index in [1.54, 1.807) is 6.92 Å². The lowest BCUT2D eigenvalue weighted by molar-refractivity contribution is -0.136. The molecule has 0 fully saturated rings. The van der Waals surface area contributed by atoms with E-state index in [0.717, 1.165) is 16.7 Å². The van der Waals surface area contributed by atoms with Crippen molar-refractivity contribution in [2.45, 2.75) is 40.7 Å². The van der Waals surface area contributed by atoms with Crippen molar-refractivity contribution in [2.24, 2.45) is 0 Å². The van der Waals surface area contributed by atoms with Gasteiger partial charge in [-0.1, -0.05) is 17.7 Å². The molecule has 0 spiro atoms. The number of aliphatic carboxylic acids is 1. The summed E-state index contributed by atoms with van der Waals surface area (Å²) >= 11 is 0. The number of hydrogen-bond acceptors (Lipinski definition) is 3. The van der Waals surface area contributed by atoms with Crippen LogP contribution in [0.15, 0.2) is 22.8 Å². The van der Waals surface area contributed by atoms with Crippen LogP contribution < -0.4 is 5.32 Å². The van der Waals surface area contributed by atoms with E-state index in [9.17, 15) is 9.59 Å². The predicted octanol–water partition coefficient (Wildman–Crippen LogP) is 3.07. The molecule has 5 nitrogen and oxygen atoms in total. The third-order valence-corrected chi connectivity index (χ3v) is 3.86. The van der Waals surface area contributed by atoms with E-state index in [-0.39, 0.29) is 18.1 Å². The Labute approximate surface area is 135 Å². The minimum atomic E-state index is -1.03. The number of carboxylic acids is 1. The van der Waals surface area contributed by atoms with E-state index in [4.69, 9.17) is 9.52 Å². The molecule has 2 aromatic rings. The molecule has 0 saturated heterocycles. The second-order valence-corrected chi connectivity index (χ2v) is 5.85. The standard InChI is InChI=1S/C18H21NO4/c1-10-5-11(2)14(12(3)6-10)8-19-18(22)17-13(4)9-23-15(17)7-16(20)21/h5-6,9H,7-8H2,1-4H3,(H,19,22)(H,20,21). The van der Waals surface area contributed by atoms with Crippen molar-refractivity contribution in [1.29, 1.82) is 0 Å². The molecule has 1 heterocycles. The van der Waals surface area contributed by atoms with Crippen LogP contribution in [0.2, 0.25) is 0 Å². The van der Waals surface area contributed by atoms with Crippen molar-refractivity contribution in [1.82, 2.24) is 5.32 Å². The van der Waals surface area contributed by atoms with Crippen molar-refractivity contribution in [2.75, 3.05) is 0 Å². The lowest BCUT2D eigenvalue weighted by Crippen LogP contribution is -2.25. The number of furan rings is 1. The van der Waals surface area contributed by atoms with Gasteiger partial charge in [-0.2, -0.15) is 0 Å². The number of benzene rings is 1. The van der Waals surface area contributed by atoms with Crippen LogP contribution in [0.4, 0.5) is 0 Å². The van der Waals surface area contributed by atoms with E-state index < -0.39 is 5.97 Å². The van der Waals surface area contributed by atoms with Gasteiger partial charge in [-0.05, 0) is 44.4 Å². The number of hydrogen-bond donors (Lipinski definition) is 2. The molecule has 0 atom stereocenters. The van der Waals surface area contributed by atoms with Crippen LogP contribution in [-0.2, 0) is 17.8 Å². The summed E-state index contributed by atoms with van der Waals surface area (Å²) in [7, 11) is 0. The van der Waals surface area contributed by atoms with Gasteiger partial charge in [-0.15, -0.1) is 0 Å². The fourth-order valence-corrected chi connectivity index (χ4v) is 2.82. The molecule has 0 aliphatic carbocycles. The summed E-state index contributed by atoms with van der Waals surface area (Å²) in [5.41, 5.74) is 5.45. The quantitative estimate of drug-likeness (QED) is 0.888. The molecule has 2 rings (SSSR count). The van der Waals surface area contributed by atoms with Crippen LogP contribution in [0.1, 0.15) is 43.9 Å². The van der Waals surface area contributed by atoms with E-state index in [2.05, 4.69) is 17.4 Å². The SMILES string of the molecule is Cc1cc(C)c(CNC(=O)c2c(C)coc2CC(=O)O)c(C)c1. The van der Waals surface area contributed by atoms with Gasteiger partial charge < -0.3 is 14.8 Å². The molecule has 122 valence electrons. The molecule has 0 aliphatic rings. The number of aryl methyl sites for hydroxylation is 4. The Bertz CT molecular complexity index is 735. The molecule has 23 heavy (non-hydrogen) atoms. The molecular formula is C18H21NO4. The number of carboxylic acid groups (broad SMARTS) is 1. The van der Waals surface area contributed by atoms with E-state index in [1.165, 1.54) is 11.8 Å². The highest BCUT2D eigenvalue weighted by Gasteiger charge is 2.20. The molecule has 1 amide bonds. The minimum Gasteiger partial charge on any atom is -0.481 e. The molecule has 2 N–H and O–H groups in total. The maximum absolute atomic E-state index is 12.4. The van der Waals surface area contributed by atoms with Gasteiger partial charge in [0.2, 0.25) is 0 Å². The summed E-state index contributed by atoms with van der Waals surface area (Å²) in [6, 6.07) is 4.15. The molecule has 0 bridgehead atoms. The molecular weight excluding hydrogens is 294 g/mol. The zero-order chi connectivity index (χ0) is 17.1. The predicted molar refractivity (Wildman–Crippen MR) is 86.6 cm³/mol. The summed E-state index contributed by atoms with van der Waals surface area (Å²) < 4.78 is 5.20. The highest BCUT2D eigenvalue weighted by Crippen LogP contribution is 2.19. The summed E-state index contributed by atoms with van der Waals surface area (Å²) in [6.07, 6.45) is 1.11. The average Bonchev–Trinajstić information content (AvgIpc) is 2.77. The molecule has 0 aliphatic heterocycles. The monoisotopic (exact) mass is 315 g/mol. The summed E-state index contributed by atoms with van der Waals surface area (Å²) in [6.45, 7) is 8.19. The zero-order valence-electron chi connectivity index (χ0n) is 13.8. The van der Waals surface area contributed by atoms with Crippen LogP contribution in [0.25, 0.3) is 0 Å². The Morgan fingerprint density at radius 3 is 2.26 bits per heavy atom. The minimum absolute atomic E-state index is 0.185. The number of amides is 1. The first-order chi connectivity index (χ1) is 10.8. The highest BCUT2D eigenvalue weighted by atomic mass is 16.4. The lowest BCUT2D eigenvalue weighted by Gasteiger charge is -2.12. The van der Waals surface area contributed by atoms with Crippen LogP contribution in [0, 0.1) is 27.7 Å². The van der Waals surface area contributed by atoms with Crippen molar-refractivity contribution in [3.05, 3.63) is 57.5 Å². The first-order valence-electron chi connectivity index (χ1n) is 7.43. The largest absolute Gasteiger partial charge is 0.481 e. The van der Waals surface area contributed by atoms with Gasteiger partial charge in [0.15, 0.2) is 0 Å². The molecule has 1 aromatic carbocycles. The lowest BCUT2D eigenvalue weighted by atomic mass is 9.99. The number of nitrogens with one attached hydrogen (secondary N) is 1. The molecule has 0 radical (unpaired) electrons. The van der Waals surface area contributed by atoms with Gasteiger partial charge in [0.05, 0.1) is 11.8 Å². The van der Waals surface area contributed by atoms with Crippen LogP contribution in [0.5, 0.6) is 0 Å². The average molecular weight is 315 g/mol. The third-order valence-electron chi connectivity index (χ3n) is 3.86. The van der Waals surface area contributed by atoms with Crippen LogP contribution in [0.3, 0.4) is 0 Å². The topological polar surface area (TPSA) is 79.5 Å². The van der Waals surface area contributed by atoms with Crippen LogP contribution in [-0.4, -0.2) is 17.0 Å². The fraction of sp³-hybridized carbons (Fsp3) is 0.333. The smallest absolute Gasteiger partial charge is 0.311 e. The van der Waals surface area contributed by atoms with E-state index in [0.29, 0.717) is 17.7 Å². The van der Waals surface area contributed by atoms with Crippen LogP contribution >= 0.6 is 0 Å². The van der Waals surface area contributed by atoms with Gasteiger partial charge in [-0.3, -0.25) is 9.59 Å². The van der Waals surface area contributed by atoms with Gasteiger partial charge in [0, 0.05) is 12.1 Å². The normalized spacial score (nSPS) is 10.6.